The number of carbonyl (C=O) groups is 1. The lowest BCUT2D eigenvalue weighted by atomic mass is 9.94. The van der Waals surface area contributed by atoms with Crippen LogP contribution in [0.4, 0.5) is 0 Å². The van der Waals surface area contributed by atoms with Crippen molar-refractivity contribution in [1.29, 1.82) is 0 Å². The first-order valence-electron chi connectivity index (χ1n) is 7.50. The first-order valence-corrected chi connectivity index (χ1v) is 7.50. The van der Waals surface area contributed by atoms with Crippen LogP contribution in [-0.4, -0.2) is 50.2 Å². The van der Waals surface area contributed by atoms with Crippen LogP contribution < -0.4 is 14.8 Å². The van der Waals surface area contributed by atoms with Gasteiger partial charge in [0.15, 0.2) is 0 Å². The van der Waals surface area contributed by atoms with E-state index < -0.39 is 0 Å². The summed E-state index contributed by atoms with van der Waals surface area (Å²) in [5.41, 5.74) is 1.09. The minimum absolute atomic E-state index is 0.0774. The molecule has 0 aliphatic carbocycles. The molecule has 5 nitrogen and oxygen atoms in total. The number of ether oxygens (including phenoxy) is 2. The molecule has 1 fully saturated rings. The molecule has 21 heavy (non-hydrogen) atoms. The maximum atomic E-state index is 12.7. The van der Waals surface area contributed by atoms with E-state index in [1.807, 2.05) is 23.1 Å². The summed E-state index contributed by atoms with van der Waals surface area (Å²) in [5, 5.41) is 3.31. The Morgan fingerprint density at radius 2 is 2.33 bits per heavy atom. The SMILES string of the molecule is COc1ccc2c(c1)OC[C@H](C(=O)N1CCNC[C@H]1C)C2. The van der Waals surface area contributed by atoms with Gasteiger partial charge in [-0.1, -0.05) is 6.07 Å². The summed E-state index contributed by atoms with van der Waals surface area (Å²) in [5.74, 6) is 1.76. The molecule has 2 aliphatic rings. The molecule has 5 heteroatoms. The molecule has 0 aromatic heterocycles. The number of hydrogen-bond acceptors (Lipinski definition) is 4. The monoisotopic (exact) mass is 290 g/mol. The summed E-state index contributed by atoms with van der Waals surface area (Å²) < 4.78 is 11.0. The second-order valence-corrected chi connectivity index (χ2v) is 5.77. The third-order valence-electron chi connectivity index (χ3n) is 4.31. The zero-order valence-corrected chi connectivity index (χ0v) is 12.6. The molecule has 1 N–H and O–H groups in total. The van der Waals surface area contributed by atoms with Crippen molar-refractivity contribution >= 4 is 5.91 Å². The molecule has 114 valence electrons. The molecule has 2 aliphatic heterocycles. The summed E-state index contributed by atoms with van der Waals surface area (Å²) in [6.07, 6.45) is 0.745. The highest BCUT2D eigenvalue weighted by Crippen LogP contribution is 2.31. The molecular formula is C16H22N2O3. The smallest absolute Gasteiger partial charge is 0.229 e. The summed E-state index contributed by atoms with van der Waals surface area (Å²) in [6.45, 7) is 5.07. The Morgan fingerprint density at radius 3 is 3.10 bits per heavy atom. The van der Waals surface area contributed by atoms with Crippen molar-refractivity contribution in [3.63, 3.8) is 0 Å². The largest absolute Gasteiger partial charge is 0.497 e. The number of amides is 1. The number of nitrogens with one attached hydrogen (secondary N) is 1. The molecule has 2 heterocycles. The van der Waals surface area contributed by atoms with Crippen molar-refractivity contribution in [3.05, 3.63) is 23.8 Å². The van der Waals surface area contributed by atoms with Crippen LogP contribution in [0.5, 0.6) is 11.5 Å². The summed E-state index contributed by atoms with van der Waals surface area (Å²) in [4.78, 5) is 14.7. The van der Waals surface area contributed by atoms with Gasteiger partial charge in [-0.3, -0.25) is 4.79 Å². The lowest BCUT2D eigenvalue weighted by molar-refractivity contribution is -0.139. The zero-order chi connectivity index (χ0) is 14.8. The quantitative estimate of drug-likeness (QED) is 0.885. The van der Waals surface area contributed by atoms with Crippen molar-refractivity contribution in [2.75, 3.05) is 33.4 Å². The molecule has 1 aromatic rings. The van der Waals surface area contributed by atoms with E-state index in [1.54, 1.807) is 7.11 Å². The fourth-order valence-electron chi connectivity index (χ4n) is 3.04. The second kappa shape index (κ2) is 5.93. The predicted octanol–water partition coefficient (Wildman–Crippen LogP) is 1.07. The van der Waals surface area contributed by atoms with Crippen molar-refractivity contribution in [1.82, 2.24) is 10.2 Å². The van der Waals surface area contributed by atoms with Gasteiger partial charge in [-0.15, -0.1) is 0 Å². The van der Waals surface area contributed by atoms with E-state index in [9.17, 15) is 4.79 Å². The van der Waals surface area contributed by atoms with Crippen LogP contribution in [0.25, 0.3) is 0 Å². The fourth-order valence-corrected chi connectivity index (χ4v) is 3.04. The van der Waals surface area contributed by atoms with Crippen LogP contribution >= 0.6 is 0 Å². The third-order valence-corrected chi connectivity index (χ3v) is 4.31. The maximum Gasteiger partial charge on any atom is 0.229 e. The number of rotatable bonds is 2. The molecule has 1 saturated heterocycles. The van der Waals surface area contributed by atoms with Gasteiger partial charge >= 0.3 is 0 Å². The average molecular weight is 290 g/mol. The van der Waals surface area contributed by atoms with E-state index in [2.05, 4.69) is 12.2 Å². The molecule has 1 aromatic carbocycles. The van der Waals surface area contributed by atoms with E-state index in [4.69, 9.17) is 9.47 Å². The van der Waals surface area contributed by atoms with Crippen LogP contribution in [0.15, 0.2) is 18.2 Å². The Labute approximate surface area is 125 Å². The normalized spacial score (nSPS) is 25.0. The second-order valence-electron chi connectivity index (χ2n) is 5.77. The first kappa shape index (κ1) is 14.2. The van der Waals surface area contributed by atoms with Crippen molar-refractivity contribution in [3.8, 4) is 11.5 Å². The van der Waals surface area contributed by atoms with E-state index in [0.29, 0.717) is 6.61 Å². The molecule has 3 rings (SSSR count). The average Bonchev–Trinajstić information content (AvgIpc) is 2.53. The van der Waals surface area contributed by atoms with Crippen LogP contribution in [-0.2, 0) is 11.2 Å². The molecule has 2 atom stereocenters. The number of methoxy groups -OCH3 is 1. The van der Waals surface area contributed by atoms with Gasteiger partial charge in [0.05, 0.1) is 13.0 Å². The number of benzene rings is 1. The van der Waals surface area contributed by atoms with E-state index >= 15 is 0 Å². The molecular weight excluding hydrogens is 268 g/mol. The number of hydrogen-bond donors (Lipinski definition) is 1. The highest BCUT2D eigenvalue weighted by molar-refractivity contribution is 5.80. The van der Waals surface area contributed by atoms with Gasteiger partial charge in [0.2, 0.25) is 5.91 Å². The summed E-state index contributed by atoms with van der Waals surface area (Å²) in [7, 11) is 1.64. The zero-order valence-electron chi connectivity index (χ0n) is 12.6. The van der Waals surface area contributed by atoms with Crippen molar-refractivity contribution in [2.24, 2.45) is 5.92 Å². The Kier molecular flexibility index (Phi) is 4.01. The Hall–Kier alpha value is -1.75. The standard InChI is InChI=1S/C16H22N2O3/c1-11-9-17-5-6-18(11)16(19)13-7-12-3-4-14(20-2)8-15(12)21-10-13/h3-4,8,11,13,17H,5-7,9-10H2,1-2H3/t11-,13-/m1/s1. The molecule has 0 saturated carbocycles. The Morgan fingerprint density at radius 1 is 1.48 bits per heavy atom. The van der Waals surface area contributed by atoms with Gasteiger partial charge in [0.25, 0.3) is 0 Å². The highest BCUT2D eigenvalue weighted by atomic mass is 16.5. The van der Waals surface area contributed by atoms with Gasteiger partial charge in [-0.05, 0) is 25.0 Å². The minimum Gasteiger partial charge on any atom is -0.497 e. The van der Waals surface area contributed by atoms with Crippen LogP contribution in [0, 0.1) is 5.92 Å². The highest BCUT2D eigenvalue weighted by Gasteiger charge is 2.32. The van der Waals surface area contributed by atoms with Gasteiger partial charge in [-0.25, -0.2) is 0 Å². The lowest BCUT2D eigenvalue weighted by Gasteiger charge is -2.37. The lowest BCUT2D eigenvalue weighted by Crippen LogP contribution is -2.54. The fraction of sp³-hybridized carbons (Fsp3) is 0.562. The minimum atomic E-state index is -0.0774. The first-order chi connectivity index (χ1) is 10.2. The topological polar surface area (TPSA) is 50.8 Å². The number of piperazine rings is 1. The van der Waals surface area contributed by atoms with E-state index in [0.717, 1.165) is 43.1 Å². The molecule has 1 amide bonds. The Balaban J connectivity index is 1.72. The molecule has 0 unspecified atom stereocenters. The summed E-state index contributed by atoms with van der Waals surface area (Å²) in [6, 6.07) is 6.06. The number of carbonyl (C=O) groups excluding carboxylic acids is 1. The molecule has 0 bridgehead atoms. The van der Waals surface area contributed by atoms with Gasteiger partial charge in [-0.2, -0.15) is 0 Å². The van der Waals surface area contributed by atoms with E-state index in [1.165, 1.54) is 0 Å². The van der Waals surface area contributed by atoms with Crippen LogP contribution in [0.2, 0.25) is 0 Å². The van der Waals surface area contributed by atoms with E-state index in [-0.39, 0.29) is 17.9 Å². The number of fused-ring (bicyclic) bond motifs is 1. The van der Waals surface area contributed by atoms with Gasteiger partial charge in [0.1, 0.15) is 18.1 Å². The molecule has 0 spiro atoms. The molecule has 0 radical (unpaired) electrons. The van der Waals surface area contributed by atoms with Gasteiger partial charge < -0.3 is 19.7 Å². The summed E-state index contributed by atoms with van der Waals surface area (Å²) >= 11 is 0. The van der Waals surface area contributed by atoms with Crippen molar-refractivity contribution < 1.29 is 14.3 Å². The third kappa shape index (κ3) is 2.83. The van der Waals surface area contributed by atoms with Gasteiger partial charge in [0, 0.05) is 31.7 Å². The van der Waals surface area contributed by atoms with Crippen molar-refractivity contribution in [2.45, 2.75) is 19.4 Å². The Bertz CT molecular complexity index is 532. The maximum absolute atomic E-state index is 12.7. The predicted molar refractivity (Wildman–Crippen MR) is 79.7 cm³/mol. The number of nitrogens with zero attached hydrogens (tertiary/aromatic N) is 1. The van der Waals surface area contributed by atoms with Crippen LogP contribution in [0.3, 0.4) is 0 Å². The van der Waals surface area contributed by atoms with Crippen LogP contribution in [0.1, 0.15) is 12.5 Å².